The van der Waals surface area contributed by atoms with Crippen LogP contribution in [0.4, 0.5) is 0 Å². The van der Waals surface area contributed by atoms with Crippen molar-refractivity contribution in [2.75, 3.05) is 24.6 Å². The van der Waals surface area contributed by atoms with Crippen molar-refractivity contribution in [3.8, 4) is 0 Å². The Balaban J connectivity index is 1.86. The minimum atomic E-state index is -1.07. The lowest BCUT2D eigenvalue weighted by Crippen LogP contribution is -2.57. The molecule has 1 saturated carbocycles. The Kier molecular flexibility index (Phi) is 7.64. The molecular weight excluding hydrogens is 432 g/mol. The molecule has 3 rings (SSSR count). The molecule has 10 nitrogen and oxygen atoms in total. The predicted molar refractivity (Wildman–Crippen MR) is 111 cm³/mol. The van der Waals surface area contributed by atoms with E-state index < -0.39 is 47.3 Å². The SMILES string of the molecule is O=C1C[C@H]2C=CCCSSC[C@@H](NC(=O)CN1)C(=O)NC1(CC1)C(=O)NCC(=O)O2. The smallest absolute Gasteiger partial charge is 0.326 e. The van der Waals surface area contributed by atoms with Crippen molar-refractivity contribution in [2.24, 2.45) is 0 Å². The molecule has 12 heteroatoms. The number of fused-ring (bicyclic) bond motifs is 7. The molecule has 0 aromatic heterocycles. The zero-order valence-corrected chi connectivity index (χ0v) is 17.9. The van der Waals surface area contributed by atoms with Crippen LogP contribution >= 0.6 is 21.6 Å². The van der Waals surface area contributed by atoms with Crippen LogP contribution in [0.5, 0.6) is 0 Å². The summed E-state index contributed by atoms with van der Waals surface area (Å²) in [6.07, 6.45) is 4.07. The van der Waals surface area contributed by atoms with Crippen molar-refractivity contribution >= 4 is 51.2 Å². The van der Waals surface area contributed by atoms with Crippen LogP contribution in [0.3, 0.4) is 0 Å². The van der Waals surface area contributed by atoms with E-state index >= 15 is 0 Å². The Morgan fingerprint density at radius 2 is 1.80 bits per heavy atom. The second kappa shape index (κ2) is 10.2. The van der Waals surface area contributed by atoms with Gasteiger partial charge in [-0.15, -0.1) is 0 Å². The lowest BCUT2D eigenvalue weighted by atomic mass is 10.2. The van der Waals surface area contributed by atoms with E-state index in [-0.39, 0.29) is 19.5 Å². The lowest BCUT2D eigenvalue weighted by Gasteiger charge is -2.23. The number of carbonyl (C=O) groups is 5. The van der Waals surface area contributed by atoms with Crippen LogP contribution in [0.2, 0.25) is 0 Å². The molecule has 1 aliphatic carbocycles. The number of amides is 4. The number of allylic oxidation sites excluding steroid dienone is 1. The molecular formula is C18H24N4O6S2. The van der Waals surface area contributed by atoms with Crippen molar-refractivity contribution < 1.29 is 28.7 Å². The highest BCUT2D eigenvalue weighted by Gasteiger charge is 2.52. The highest BCUT2D eigenvalue weighted by atomic mass is 33.1. The molecule has 1 spiro atoms. The van der Waals surface area contributed by atoms with E-state index in [0.29, 0.717) is 25.0 Å². The van der Waals surface area contributed by atoms with E-state index in [2.05, 4.69) is 21.3 Å². The fourth-order valence-corrected chi connectivity index (χ4v) is 5.10. The van der Waals surface area contributed by atoms with Gasteiger partial charge in [0, 0.05) is 11.5 Å². The molecule has 2 atom stereocenters. The van der Waals surface area contributed by atoms with Crippen molar-refractivity contribution in [3.63, 3.8) is 0 Å². The van der Waals surface area contributed by atoms with Crippen LogP contribution in [-0.4, -0.2) is 71.9 Å². The fourth-order valence-electron chi connectivity index (χ4n) is 2.94. The largest absolute Gasteiger partial charge is 0.456 e. The number of nitrogens with one attached hydrogen (secondary N) is 4. The third kappa shape index (κ3) is 6.39. The topological polar surface area (TPSA) is 143 Å². The van der Waals surface area contributed by atoms with E-state index in [1.54, 1.807) is 6.08 Å². The number of esters is 1. The van der Waals surface area contributed by atoms with Crippen LogP contribution in [0, 0.1) is 0 Å². The number of carbonyl (C=O) groups excluding carboxylic acids is 5. The van der Waals surface area contributed by atoms with Gasteiger partial charge in [-0.1, -0.05) is 27.7 Å². The second-order valence-corrected chi connectivity index (χ2v) is 9.83. The van der Waals surface area contributed by atoms with Crippen LogP contribution in [0.1, 0.15) is 25.7 Å². The molecule has 0 radical (unpaired) electrons. The first-order chi connectivity index (χ1) is 14.4. The molecule has 2 bridgehead atoms. The first kappa shape index (κ1) is 22.5. The molecule has 4 amide bonds. The van der Waals surface area contributed by atoms with Gasteiger partial charge in [0.1, 0.15) is 24.2 Å². The van der Waals surface area contributed by atoms with Crippen LogP contribution < -0.4 is 21.3 Å². The quantitative estimate of drug-likeness (QED) is 0.207. The maximum absolute atomic E-state index is 12.8. The van der Waals surface area contributed by atoms with Gasteiger partial charge < -0.3 is 26.0 Å². The standard InChI is InChI=1S/C18H24N4O6S2/c23-13-7-11-3-1-2-6-29-30-10-12(21-14(24)8-19-13)16(26)22-18(4-5-18)17(27)20-9-15(25)28-11/h1,3,11-12H,2,4-10H2,(H,19,23)(H,20,27)(H,21,24)(H,22,26)/t11-,12-/m1/s1. The molecule has 2 aliphatic heterocycles. The predicted octanol–water partition coefficient (Wildman–Crippen LogP) is -0.991. The summed E-state index contributed by atoms with van der Waals surface area (Å²) in [4.78, 5) is 61.9. The summed E-state index contributed by atoms with van der Waals surface area (Å²) in [5.41, 5.74) is -1.07. The average Bonchev–Trinajstić information content (AvgIpc) is 3.48. The van der Waals surface area contributed by atoms with Gasteiger partial charge >= 0.3 is 5.97 Å². The third-order valence-electron chi connectivity index (χ3n) is 4.74. The van der Waals surface area contributed by atoms with E-state index in [4.69, 9.17) is 4.74 Å². The summed E-state index contributed by atoms with van der Waals surface area (Å²) in [5.74, 6) is -1.59. The Morgan fingerprint density at radius 3 is 2.57 bits per heavy atom. The van der Waals surface area contributed by atoms with Crippen LogP contribution in [0.25, 0.3) is 0 Å². The van der Waals surface area contributed by atoms with Gasteiger partial charge in [-0.05, 0) is 25.3 Å². The number of ether oxygens (including phenoxy) is 1. The minimum absolute atomic E-state index is 0.154. The first-order valence-electron chi connectivity index (χ1n) is 9.65. The van der Waals surface area contributed by atoms with Gasteiger partial charge in [0.25, 0.3) is 0 Å². The van der Waals surface area contributed by atoms with Gasteiger partial charge in [-0.3, -0.25) is 24.0 Å². The van der Waals surface area contributed by atoms with Gasteiger partial charge in [0.05, 0.1) is 13.0 Å². The molecule has 3 aliphatic rings. The van der Waals surface area contributed by atoms with E-state index in [1.165, 1.54) is 21.6 Å². The summed E-state index contributed by atoms with van der Waals surface area (Å²) in [6.45, 7) is -0.676. The summed E-state index contributed by atoms with van der Waals surface area (Å²) in [6, 6.07) is -0.858. The highest BCUT2D eigenvalue weighted by Crippen LogP contribution is 2.36. The fraction of sp³-hybridized carbons (Fsp3) is 0.611. The maximum Gasteiger partial charge on any atom is 0.326 e. The van der Waals surface area contributed by atoms with Crippen molar-refractivity contribution in [1.82, 2.24) is 21.3 Å². The monoisotopic (exact) mass is 456 g/mol. The zero-order valence-electron chi connectivity index (χ0n) is 16.2. The van der Waals surface area contributed by atoms with E-state index in [0.717, 1.165) is 5.75 Å². The third-order valence-corrected chi connectivity index (χ3v) is 7.19. The first-order valence-corrected chi connectivity index (χ1v) is 12.1. The Morgan fingerprint density at radius 1 is 1.00 bits per heavy atom. The van der Waals surface area contributed by atoms with Crippen molar-refractivity contribution in [2.45, 2.75) is 43.4 Å². The molecule has 30 heavy (non-hydrogen) atoms. The molecule has 0 aromatic rings. The Hall–Kier alpha value is -2.21. The van der Waals surface area contributed by atoms with Crippen LogP contribution in [-0.2, 0) is 28.7 Å². The Labute approximate surface area is 181 Å². The van der Waals surface area contributed by atoms with Crippen molar-refractivity contribution in [3.05, 3.63) is 12.2 Å². The minimum Gasteiger partial charge on any atom is -0.456 e. The molecule has 164 valence electrons. The Bertz CT molecular complexity index is 755. The maximum atomic E-state index is 12.8. The van der Waals surface area contributed by atoms with Gasteiger partial charge in [-0.2, -0.15) is 0 Å². The van der Waals surface area contributed by atoms with Gasteiger partial charge in [0.15, 0.2) is 0 Å². The molecule has 2 fully saturated rings. The molecule has 0 aromatic carbocycles. The number of hydrogen-bond acceptors (Lipinski definition) is 8. The molecule has 0 unspecified atom stereocenters. The summed E-state index contributed by atoms with van der Waals surface area (Å²) in [5, 5.41) is 10.3. The second-order valence-electron chi connectivity index (χ2n) is 7.21. The summed E-state index contributed by atoms with van der Waals surface area (Å²) in [7, 11) is 2.98. The molecule has 2 heterocycles. The number of rotatable bonds is 0. The summed E-state index contributed by atoms with van der Waals surface area (Å²) < 4.78 is 5.32. The highest BCUT2D eigenvalue weighted by molar-refractivity contribution is 8.76. The average molecular weight is 457 g/mol. The van der Waals surface area contributed by atoms with E-state index in [1.807, 2.05) is 6.08 Å². The lowest BCUT2D eigenvalue weighted by molar-refractivity contribution is -0.148. The van der Waals surface area contributed by atoms with Gasteiger partial charge in [-0.25, -0.2) is 0 Å². The molecule has 4 N–H and O–H groups in total. The normalized spacial score (nSPS) is 28.5. The van der Waals surface area contributed by atoms with Crippen molar-refractivity contribution in [1.29, 1.82) is 0 Å². The zero-order chi connectivity index (χ0) is 21.6. The van der Waals surface area contributed by atoms with E-state index in [9.17, 15) is 24.0 Å². The molecule has 1 saturated heterocycles. The van der Waals surface area contributed by atoms with Crippen LogP contribution in [0.15, 0.2) is 12.2 Å². The number of hydrogen-bond donors (Lipinski definition) is 4. The van der Waals surface area contributed by atoms with Gasteiger partial charge in [0.2, 0.25) is 23.6 Å². The summed E-state index contributed by atoms with van der Waals surface area (Å²) >= 11 is 0.